The van der Waals surface area contributed by atoms with Crippen LogP contribution in [0, 0.1) is 0 Å². The van der Waals surface area contributed by atoms with E-state index in [4.69, 9.17) is 9.47 Å². The summed E-state index contributed by atoms with van der Waals surface area (Å²) in [5.74, 6) is 1.14. The minimum absolute atomic E-state index is 0.0408. The number of rotatable bonds is 17. The maximum atomic E-state index is 12.9. The standard InChI is InChI=1S/C35H51BrN2O5S/c1-11-33(4,5)23-16-18-27(25(21-23)34(6,7)12-2)43-20-14-15-29(39)37-24-17-19-28(42-10)26(22-24)38-32(41)30(36)31(40)35(8,9)44-13-3/h16-19,21-22,30H,11-15,20H2,1-10H3,(H,37,39)(H,38,41). The van der Waals surface area contributed by atoms with Gasteiger partial charge in [0.2, 0.25) is 11.8 Å². The number of nitrogens with one attached hydrogen (secondary N) is 2. The molecule has 0 fully saturated rings. The third-order valence-corrected chi connectivity index (χ3v) is 10.4. The predicted octanol–water partition coefficient (Wildman–Crippen LogP) is 8.67. The van der Waals surface area contributed by atoms with Gasteiger partial charge in [0.1, 0.15) is 11.5 Å². The molecule has 9 heteroatoms. The molecule has 1 unspecified atom stereocenters. The van der Waals surface area contributed by atoms with Crippen LogP contribution < -0.4 is 20.1 Å². The van der Waals surface area contributed by atoms with Gasteiger partial charge in [0.15, 0.2) is 10.6 Å². The van der Waals surface area contributed by atoms with Crippen LogP contribution in [0.5, 0.6) is 11.5 Å². The monoisotopic (exact) mass is 690 g/mol. The molecule has 2 rings (SSSR count). The van der Waals surface area contributed by atoms with Crippen molar-refractivity contribution in [3.8, 4) is 11.5 Å². The number of amides is 2. The number of Topliss-reactive ketones (excluding diaryl/α,β-unsaturated/α-hetero) is 1. The lowest BCUT2D eigenvalue weighted by molar-refractivity contribution is -0.125. The fraction of sp³-hybridized carbons (Fsp3) is 0.571. The summed E-state index contributed by atoms with van der Waals surface area (Å²) in [5.41, 5.74) is 3.40. The van der Waals surface area contributed by atoms with Crippen LogP contribution in [0.25, 0.3) is 0 Å². The Morgan fingerprint density at radius 2 is 1.52 bits per heavy atom. The summed E-state index contributed by atoms with van der Waals surface area (Å²) in [5, 5.41) is 5.66. The maximum absolute atomic E-state index is 12.9. The molecule has 0 radical (unpaired) electrons. The summed E-state index contributed by atoms with van der Waals surface area (Å²) in [6.07, 6.45) is 2.83. The molecule has 0 bridgehead atoms. The van der Waals surface area contributed by atoms with Gasteiger partial charge in [-0.25, -0.2) is 0 Å². The van der Waals surface area contributed by atoms with Crippen LogP contribution in [0.3, 0.4) is 0 Å². The van der Waals surface area contributed by atoms with Crippen molar-refractivity contribution in [1.29, 1.82) is 0 Å². The lowest BCUT2D eigenvalue weighted by Crippen LogP contribution is -2.41. The molecule has 2 aromatic rings. The fourth-order valence-electron chi connectivity index (χ4n) is 4.57. The van der Waals surface area contributed by atoms with Crippen molar-refractivity contribution in [2.45, 2.75) is 108 Å². The third-order valence-electron chi connectivity index (χ3n) is 8.36. The van der Waals surface area contributed by atoms with Gasteiger partial charge in [-0.3, -0.25) is 14.4 Å². The molecule has 0 saturated carbocycles. The number of ketones is 1. The van der Waals surface area contributed by atoms with E-state index in [-0.39, 0.29) is 28.9 Å². The van der Waals surface area contributed by atoms with Gasteiger partial charge in [-0.15, -0.1) is 11.8 Å². The SMILES string of the molecule is CCSC(C)(C)C(=O)C(Br)C(=O)Nc1cc(NC(=O)CCCOc2ccc(C(C)(C)CC)cc2C(C)(C)CC)ccc1OC. The van der Waals surface area contributed by atoms with Crippen LogP contribution >= 0.6 is 27.7 Å². The second-order valence-electron chi connectivity index (χ2n) is 12.8. The predicted molar refractivity (Wildman–Crippen MR) is 188 cm³/mol. The summed E-state index contributed by atoms with van der Waals surface area (Å²) in [4.78, 5) is 37.6. The van der Waals surface area contributed by atoms with E-state index in [2.05, 4.69) is 86.3 Å². The zero-order valence-electron chi connectivity index (χ0n) is 28.1. The van der Waals surface area contributed by atoms with Gasteiger partial charge in [-0.2, -0.15) is 0 Å². The van der Waals surface area contributed by atoms with Crippen molar-refractivity contribution in [3.63, 3.8) is 0 Å². The zero-order chi connectivity index (χ0) is 33.3. The number of methoxy groups -OCH3 is 1. The van der Waals surface area contributed by atoms with Crippen LogP contribution in [0.1, 0.15) is 99.1 Å². The highest BCUT2D eigenvalue weighted by molar-refractivity contribution is 9.10. The number of hydrogen-bond acceptors (Lipinski definition) is 6. The zero-order valence-corrected chi connectivity index (χ0v) is 30.5. The lowest BCUT2D eigenvalue weighted by Gasteiger charge is -2.30. The Labute approximate surface area is 277 Å². The van der Waals surface area contributed by atoms with E-state index in [0.717, 1.165) is 24.3 Å². The highest BCUT2D eigenvalue weighted by Gasteiger charge is 2.36. The van der Waals surface area contributed by atoms with E-state index >= 15 is 0 Å². The minimum Gasteiger partial charge on any atom is -0.495 e. The van der Waals surface area contributed by atoms with Gasteiger partial charge < -0.3 is 20.1 Å². The van der Waals surface area contributed by atoms with Gasteiger partial charge in [-0.05, 0) is 79.5 Å². The summed E-state index contributed by atoms with van der Waals surface area (Å²) in [6.45, 7) is 19.4. The smallest absolute Gasteiger partial charge is 0.245 e. The first-order valence-corrected chi connectivity index (χ1v) is 17.3. The van der Waals surface area contributed by atoms with Crippen LogP contribution in [0.2, 0.25) is 0 Å². The second-order valence-corrected chi connectivity index (χ2v) is 15.6. The number of carbonyl (C=O) groups is 3. The molecule has 1 atom stereocenters. The number of carbonyl (C=O) groups excluding carboxylic acids is 3. The molecule has 0 spiro atoms. The number of hydrogen-bond donors (Lipinski definition) is 2. The van der Waals surface area contributed by atoms with Crippen molar-refractivity contribution < 1.29 is 23.9 Å². The average Bonchev–Trinajstić information content (AvgIpc) is 2.98. The number of benzene rings is 2. The average molecular weight is 692 g/mol. The molecular weight excluding hydrogens is 640 g/mol. The van der Waals surface area contributed by atoms with Crippen molar-refractivity contribution >= 4 is 56.7 Å². The highest BCUT2D eigenvalue weighted by Crippen LogP contribution is 2.38. The molecule has 0 aliphatic heterocycles. The van der Waals surface area contributed by atoms with Crippen LogP contribution in [-0.4, -0.2) is 46.6 Å². The molecule has 0 aromatic heterocycles. The third kappa shape index (κ3) is 9.99. The second kappa shape index (κ2) is 16.2. The maximum Gasteiger partial charge on any atom is 0.245 e. The number of alkyl halides is 1. The van der Waals surface area contributed by atoms with E-state index in [0.29, 0.717) is 30.2 Å². The number of thioether (sulfide) groups is 1. The van der Waals surface area contributed by atoms with Crippen LogP contribution in [0.4, 0.5) is 11.4 Å². The molecular formula is C35H51BrN2O5S. The Morgan fingerprint density at radius 3 is 2.11 bits per heavy atom. The Bertz CT molecular complexity index is 1310. The Hall–Kier alpha value is -2.52. The Balaban J connectivity index is 2.05. The van der Waals surface area contributed by atoms with Crippen molar-refractivity contribution in [1.82, 2.24) is 0 Å². The van der Waals surface area contributed by atoms with Crippen molar-refractivity contribution in [2.75, 3.05) is 30.1 Å². The number of halogens is 1. The van der Waals surface area contributed by atoms with Gasteiger partial charge in [-0.1, -0.05) is 76.5 Å². The molecule has 2 N–H and O–H groups in total. The number of ether oxygens (including phenoxy) is 2. The van der Waals surface area contributed by atoms with Gasteiger partial charge >= 0.3 is 0 Å². The van der Waals surface area contributed by atoms with Gasteiger partial charge in [0.05, 0.1) is 24.2 Å². The quantitative estimate of drug-likeness (QED) is 0.0980. The van der Waals surface area contributed by atoms with E-state index in [1.54, 1.807) is 18.2 Å². The summed E-state index contributed by atoms with van der Waals surface area (Å²) in [6, 6.07) is 11.5. The molecule has 0 saturated heterocycles. The summed E-state index contributed by atoms with van der Waals surface area (Å²) < 4.78 is 10.9. The van der Waals surface area contributed by atoms with Crippen molar-refractivity contribution in [2.24, 2.45) is 0 Å². The first kappa shape index (κ1) is 37.7. The van der Waals surface area contributed by atoms with E-state index in [1.807, 2.05) is 20.8 Å². The molecule has 244 valence electrons. The normalized spacial score (nSPS) is 12.8. The van der Waals surface area contributed by atoms with Crippen LogP contribution in [-0.2, 0) is 25.2 Å². The largest absolute Gasteiger partial charge is 0.495 e. The molecule has 0 heterocycles. The lowest BCUT2D eigenvalue weighted by atomic mass is 9.76. The molecule has 2 amide bonds. The van der Waals surface area contributed by atoms with E-state index in [1.165, 1.54) is 30.0 Å². The van der Waals surface area contributed by atoms with Gasteiger partial charge in [0, 0.05) is 17.7 Å². The molecule has 0 aliphatic carbocycles. The van der Waals surface area contributed by atoms with E-state index in [9.17, 15) is 14.4 Å². The fourth-order valence-corrected chi connectivity index (χ4v) is 6.39. The van der Waals surface area contributed by atoms with Crippen LogP contribution in [0.15, 0.2) is 36.4 Å². The Morgan fingerprint density at radius 1 is 0.886 bits per heavy atom. The Kier molecular flexibility index (Phi) is 13.8. The molecule has 2 aromatic carbocycles. The first-order chi connectivity index (χ1) is 20.5. The van der Waals surface area contributed by atoms with Gasteiger partial charge in [0.25, 0.3) is 0 Å². The van der Waals surface area contributed by atoms with E-state index < -0.39 is 15.5 Å². The number of anilines is 2. The highest BCUT2D eigenvalue weighted by atomic mass is 79.9. The molecule has 44 heavy (non-hydrogen) atoms. The first-order valence-electron chi connectivity index (χ1n) is 15.4. The molecule has 7 nitrogen and oxygen atoms in total. The topological polar surface area (TPSA) is 93.7 Å². The summed E-state index contributed by atoms with van der Waals surface area (Å²) >= 11 is 4.75. The molecule has 0 aliphatic rings. The van der Waals surface area contributed by atoms with Crippen molar-refractivity contribution in [3.05, 3.63) is 47.5 Å². The summed E-state index contributed by atoms with van der Waals surface area (Å²) in [7, 11) is 1.49. The minimum atomic E-state index is -1.03.